The maximum absolute atomic E-state index is 12.7. The Labute approximate surface area is 213 Å². The summed E-state index contributed by atoms with van der Waals surface area (Å²) in [5, 5.41) is 24.4. The molecule has 1 atom stereocenters. The number of aliphatic hydroxyl groups excluding tert-OH is 1. The minimum atomic E-state index is -0.812. The third-order valence-corrected chi connectivity index (χ3v) is 5.97. The molecule has 0 aliphatic heterocycles. The first-order valence-corrected chi connectivity index (χ1v) is 12.2. The molecule has 0 aliphatic carbocycles. The molecular weight excluding hydrogens is 482 g/mol. The molecule has 10 nitrogen and oxygen atoms in total. The van der Waals surface area contributed by atoms with Gasteiger partial charge in [0.15, 0.2) is 11.0 Å². The van der Waals surface area contributed by atoms with Crippen molar-refractivity contribution in [1.82, 2.24) is 20.1 Å². The highest BCUT2D eigenvalue weighted by atomic mass is 32.2. The van der Waals surface area contributed by atoms with Crippen molar-refractivity contribution >= 4 is 29.3 Å². The molecule has 2 amide bonds. The molecule has 11 heteroatoms. The average Bonchev–Trinajstić information content (AvgIpc) is 3.29. The van der Waals surface area contributed by atoms with Gasteiger partial charge in [0.1, 0.15) is 17.5 Å². The number of nitrogens with one attached hydrogen (secondary N) is 2. The molecule has 0 saturated heterocycles. The van der Waals surface area contributed by atoms with Crippen LogP contribution in [0.5, 0.6) is 11.5 Å². The second-order valence-corrected chi connectivity index (χ2v) is 8.39. The molecule has 3 rings (SSSR count). The summed E-state index contributed by atoms with van der Waals surface area (Å²) in [6.45, 7) is 6.06. The van der Waals surface area contributed by atoms with E-state index in [0.29, 0.717) is 46.9 Å². The molecule has 0 spiro atoms. The van der Waals surface area contributed by atoms with Crippen LogP contribution in [0.1, 0.15) is 29.1 Å². The second kappa shape index (κ2) is 13.3. The SMILES string of the molecule is C=CCn1c(SCC(=O)Nc2ccccc2OCC)nnc1C(CO)NC(=O)c1ccc(OC)cc1. The highest BCUT2D eigenvalue weighted by molar-refractivity contribution is 7.99. The van der Waals surface area contributed by atoms with Gasteiger partial charge in [-0.15, -0.1) is 16.8 Å². The van der Waals surface area contributed by atoms with E-state index >= 15 is 0 Å². The predicted octanol–water partition coefficient (Wildman–Crippen LogP) is 3.07. The number of ether oxygens (including phenoxy) is 2. The fourth-order valence-corrected chi connectivity index (χ4v) is 4.06. The third kappa shape index (κ3) is 6.86. The van der Waals surface area contributed by atoms with Crippen molar-refractivity contribution in [2.75, 3.05) is 31.4 Å². The average molecular weight is 512 g/mol. The van der Waals surface area contributed by atoms with Crippen LogP contribution in [0.3, 0.4) is 0 Å². The largest absolute Gasteiger partial charge is 0.497 e. The number of benzene rings is 2. The lowest BCUT2D eigenvalue weighted by molar-refractivity contribution is -0.113. The Morgan fingerprint density at radius 1 is 1.19 bits per heavy atom. The van der Waals surface area contributed by atoms with Crippen molar-refractivity contribution < 1.29 is 24.2 Å². The molecule has 1 heterocycles. The number of para-hydroxylation sites is 2. The predicted molar refractivity (Wildman–Crippen MR) is 137 cm³/mol. The molecule has 36 heavy (non-hydrogen) atoms. The molecule has 0 bridgehead atoms. The standard InChI is InChI=1S/C25H29N5O5S/c1-4-14-30-23(20(15-31)27-24(33)17-10-12-18(34-3)13-11-17)28-29-25(30)36-16-22(32)26-19-8-6-7-9-21(19)35-5-2/h4,6-13,20,31H,1,5,14-16H2,2-3H3,(H,26,32)(H,27,33). The fraction of sp³-hybridized carbons (Fsp3) is 0.280. The van der Waals surface area contributed by atoms with E-state index < -0.39 is 12.6 Å². The number of anilines is 1. The zero-order chi connectivity index (χ0) is 25.9. The van der Waals surface area contributed by atoms with Gasteiger partial charge in [-0.2, -0.15) is 0 Å². The van der Waals surface area contributed by atoms with Gasteiger partial charge in [0.2, 0.25) is 5.91 Å². The molecule has 190 valence electrons. The number of rotatable bonds is 13. The summed E-state index contributed by atoms with van der Waals surface area (Å²) in [6, 6.07) is 13.0. The summed E-state index contributed by atoms with van der Waals surface area (Å²) in [4.78, 5) is 25.3. The van der Waals surface area contributed by atoms with E-state index in [1.54, 1.807) is 54.2 Å². The van der Waals surface area contributed by atoms with Gasteiger partial charge in [0, 0.05) is 12.1 Å². The number of nitrogens with zero attached hydrogens (tertiary/aromatic N) is 3. The lowest BCUT2D eigenvalue weighted by atomic mass is 10.2. The maximum Gasteiger partial charge on any atom is 0.251 e. The summed E-state index contributed by atoms with van der Waals surface area (Å²) >= 11 is 1.18. The van der Waals surface area contributed by atoms with Gasteiger partial charge in [0.05, 0.1) is 31.8 Å². The molecule has 3 N–H and O–H groups in total. The highest BCUT2D eigenvalue weighted by Gasteiger charge is 2.23. The molecule has 0 radical (unpaired) electrons. The number of allylic oxidation sites excluding steroid dienone is 1. The summed E-state index contributed by atoms with van der Waals surface area (Å²) in [6.07, 6.45) is 1.65. The fourth-order valence-electron chi connectivity index (χ4n) is 3.31. The van der Waals surface area contributed by atoms with Crippen molar-refractivity contribution in [3.63, 3.8) is 0 Å². The van der Waals surface area contributed by atoms with Crippen LogP contribution in [0.15, 0.2) is 66.3 Å². The van der Waals surface area contributed by atoms with E-state index in [2.05, 4.69) is 27.4 Å². The van der Waals surface area contributed by atoms with E-state index in [4.69, 9.17) is 9.47 Å². The third-order valence-electron chi connectivity index (χ3n) is 5.00. The topological polar surface area (TPSA) is 128 Å². The smallest absolute Gasteiger partial charge is 0.251 e. The van der Waals surface area contributed by atoms with Crippen molar-refractivity contribution in [1.29, 1.82) is 0 Å². The van der Waals surface area contributed by atoms with Gasteiger partial charge >= 0.3 is 0 Å². The lowest BCUT2D eigenvalue weighted by Crippen LogP contribution is -2.33. The minimum absolute atomic E-state index is 0.0672. The van der Waals surface area contributed by atoms with Crippen LogP contribution < -0.4 is 20.1 Å². The van der Waals surface area contributed by atoms with Crippen LogP contribution in [-0.2, 0) is 11.3 Å². The number of carbonyl (C=O) groups is 2. The minimum Gasteiger partial charge on any atom is -0.497 e. The van der Waals surface area contributed by atoms with Gasteiger partial charge in [-0.25, -0.2) is 0 Å². The van der Waals surface area contributed by atoms with Gasteiger partial charge in [-0.3, -0.25) is 9.59 Å². The van der Waals surface area contributed by atoms with E-state index in [1.165, 1.54) is 11.8 Å². The molecule has 2 aromatic carbocycles. The number of hydrogen-bond donors (Lipinski definition) is 3. The van der Waals surface area contributed by atoms with E-state index in [1.807, 2.05) is 19.1 Å². The van der Waals surface area contributed by atoms with Crippen molar-refractivity contribution in [3.8, 4) is 11.5 Å². The molecule has 3 aromatic rings. The molecule has 0 fully saturated rings. The number of aliphatic hydroxyl groups is 1. The number of carbonyl (C=O) groups excluding carboxylic acids is 2. The first-order chi connectivity index (χ1) is 17.5. The lowest BCUT2D eigenvalue weighted by Gasteiger charge is -2.17. The van der Waals surface area contributed by atoms with Crippen LogP contribution in [0.4, 0.5) is 5.69 Å². The van der Waals surface area contributed by atoms with Crippen LogP contribution in [-0.4, -0.2) is 57.8 Å². The van der Waals surface area contributed by atoms with E-state index in [-0.39, 0.29) is 17.6 Å². The summed E-state index contributed by atoms with van der Waals surface area (Å²) < 4.78 is 12.4. The Bertz CT molecular complexity index is 1180. The van der Waals surface area contributed by atoms with Crippen LogP contribution in [0.2, 0.25) is 0 Å². The van der Waals surface area contributed by atoms with Gasteiger partial charge in [0.25, 0.3) is 5.91 Å². The second-order valence-electron chi connectivity index (χ2n) is 7.44. The molecular formula is C25H29N5O5S. The Morgan fingerprint density at radius 3 is 2.61 bits per heavy atom. The van der Waals surface area contributed by atoms with Gasteiger partial charge in [-0.05, 0) is 43.3 Å². The Balaban J connectivity index is 1.69. The molecule has 0 aliphatic rings. The van der Waals surface area contributed by atoms with Gasteiger partial charge in [-0.1, -0.05) is 30.0 Å². The zero-order valence-electron chi connectivity index (χ0n) is 20.1. The molecule has 0 saturated carbocycles. The van der Waals surface area contributed by atoms with Crippen molar-refractivity contribution in [3.05, 3.63) is 72.6 Å². The number of methoxy groups -OCH3 is 1. The van der Waals surface area contributed by atoms with E-state index in [0.717, 1.165) is 0 Å². The molecule has 1 unspecified atom stereocenters. The van der Waals surface area contributed by atoms with Crippen LogP contribution in [0.25, 0.3) is 0 Å². The van der Waals surface area contributed by atoms with Crippen LogP contribution >= 0.6 is 11.8 Å². The quantitative estimate of drug-likeness (QED) is 0.236. The number of amides is 2. The van der Waals surface area contributed by atoms with Gasteiger partial charge < -0.3 is 29.8 Å². The Kier molecular flexibility index (Phi) is 9.90. The van der Waals surface area contributed by atoms with Crippen molar-refractivity contribution in [2.45, 2.75) is 24.7 Å². The summed E-state index contributed by atoms with van der Waals surface area (Å²) in [5.41, 5.74) is 0.988. The Hall–Kier alpha value is -3.83. The summed E-state index contributed by atoms with van der Waals surface area (Å²) in [7, 11) is 1.54. The number of hydrogen-bond acceptors (Lipinski definition) is 8. The van der Waals surface area contributed by atoms with Crippen LogP contribution in [0, 0.1) is 0 Å². The first-order valence-electron chi connectivity index (χ1n) is 11.2. The number of aromatic nitrogens is 3. The Morgan fingerprint density at radius 2 is 1.94 bits per heavy atom. The highest BCUT2D eigenvalue weighted by Crippen LogP contribution is 2.25. The normalized spacial score (nSPS) is 11.4. The molecule has 1 aromatic heterocycles. The number of thioether (sulfide) groups is 1. The maximum atomic E-state index is 12.7. The first kappa shape index (κ1) is 26.8. The zero-order valence-corrected chi connectivity index (χ0v) is 21.0. The summed E-state index contributed by atoms with van der Waals surface area (Å²) in [5.74, 6) is 1.01. The van der Waals surface area contributed by atoms with E-state index in [9.17, 15) is 14.7 Å². The van der Waals surface area contributed by atoms with Crippen molar-refractivity contribution in [2.24, 2.45) is 0 Å². The monoisotopic (exact) mass is 511 g/mol.